The predicted octanol–water partition coefficient (Wildman–Crippen LogP) is 3.37. The van der Waals surface area contributed by atoms with Gasteiger partial charge >= 0.3 is 0 Å². The third-order valence-electron chi connectivity index (χ3n) is 2.85. The molecule has 0 unspecified atom stereocenters. The zero-order valence-electron chi connectivity index (χ0n) is 11.1. The molecule has 3 N–H and O–H groups in total. The minimum Gasteiger partial charge on any atom is -0.399 e. The number of nitrogens with two attached hydrogens (primary N) is 1. The molecule has 6 heteroatoms. The molecule has 2 aromatic heterocycles. The molecule has 21 heavy (non-hydrogen) atoms. The van der Waals surface area contributed by atoms with Crippen molar-refractivity contribution >= 4 is 28.8 Å². The second-order valence-corrected chi connectivity index (χ2v) is 6.36. The number of H-pyrrole nitrogens is 1. The standard InChI is InChI=1S/C15H13N3OS2/c16-11-5-3-10(4-6-11)9-21-15-17-12(8-14(19)18-15)13-2-1-7-20-13/h1-8H,9,16H2,(H,17,18,19). The van der Waals surface area contributed by atoms with Crippen LogP contribution in [0.25, 0.3) is 10.6 Å². The van der Waals surface area contributed by atoms with Crippen LogP contribution < -0.4 is 11.3 Å². The van der Waals surface area contributed by atoms with Crippen LogP contribution in [0.4, 0.5) is 5.69 Å². The number of aromatic nitrogens is 2. The van der Waals surface area contributed by atoms with Crippen molar-refractivity contribution in [3.05, 3.63) is 63.8 Å². The van der Waals surface area contributed by atoms with E-state index in [1.54, 1.807) is 11.3 Å². The summed E-state index contributed by atoms with van der Waals surface area (Å²) in [4.78, 5) is 20.0. The second-order valence-electron chi connectivity index (χ2n) is 4.44. The van der Waals surface area contributed by atoms with E-state index in [9.17, 15) is 4.79 Å². The molecular formula is C15H13N3OS2. The fraction of sp³-hybridized carbons (Fsp3) is 0.0667. The van der Waals surface area contributed by atoms with Gasteiger partial charge in [-0.15, -0.1) is 11.3 Å². The Bertz CT molecular complexity index is 779. The third kappa shape index (κ3) is 3.53. The first-order valence-corrected chi connectivity index (χ1v) is 8.20. The largest absolute Gasteiger partial charge is 0.399 e. The molecule has 0 aliphatic carbocycles. The Morgan fingerprint density at radius 1 is 1.24 bits per heavy atom. The van der Waals surface area contributed by atoms with Crippen molar-refractivity contribution in [2.45, 2.75) is 10.9 Å². The summed E-state index contributed by atoms with van der Waals surface area (Å²) in [5.74, 6) is 0.733. The van der Waals surface area contributed by atoms with Gasteiger partial charge < -0.3 is 10.7 Å². The maximum atomic E-state index is 11.7. The van der Waals surface area contributed by atoms with Gasteiger partial charge in [-0.3, -0.25) is 4.79 Å². The number of rotatable bonds is 4. The summed E-state index contributed by atoms with van der Waals surface area (Å²) in [6.45, 7) is 0. The maximum absolute atomic E-state index is 11.7. The number of nitrogens with zero attached hydrogens (tertiary/aromatic N) is 1. The summed E-state index contributed by atoms with van der Waals surface area (Å²) in [5.41, 5.74) is 8.13. The zero-order chi connectivity index (χ0) is 14.7. The molecule has 0 amide bonds. The first-order chi connectivity index (χ1) is 10.2. The van der Waals surface area contributed by atoms with E-state index in [1.165, 1.54) is 17.8 Å². The highest BCUT2D eigenvalue weighted by molar-refractivity contribution is 7.98. The van der Waals surface area contributed by atoms with Crippen LogP contribution >= 0.6 is 23.1 Å². The number of hydrogen-bond acceptors (Lipinski definition) is 5. The molecule has 3 rings (SSSR count). The van der Waals surface area contributed by atoms with Crippen molar-refractivity contribution in [1.82, 2.24) is 9.97 Å². The van der Waals surface area contributed by atoms with E-state index >= 15 is 0 Å². The molecule has 3 aromatic rings. The lowest BCUT2D eigenvalue weighted by molar-refractivity contribution is 0.944. The van der Waals surface area contributed by atoms with Gasteiger partial charge in [-0.25, -0.2) is 4.98 Å². The monoisotopic (exact) mass is 315 g/mol. The van der Waals surface area contributed by atoms with Crippen molar-refractivity contribution < 1.29 is 0 Å². The van der Waals surface area contributed by atoms with Gasteiger partial charge in [0.2, 0.25) is 0 Å². The van der Waals surface area contributed by atoms with Gasteiger partial charge in [-0.05, 0) is 29.1 Å². The number of thioether (sulfide) groups is 1. The van der Waals surface area contributed by atoms with E-state index in [4.69, 9.17) is 5.73 Å². The molecule has 0 bridgehead atoms. The second kappa shape index (κ2) is 6.15. The third-order valence-corrected chi connectivity index (χ3v) is 4.69. The zero-order valence-corrected chi connectivity index (χ0v) is 12.7. The van der Waals surface area contributed by atoms with E-state index < -0.39 is 0 Å². The number of anilines is 1. The Morgan fingerprint density at radius 3 is 2.76 bits per heavy atom. The van der Waals surface area contributed by atoms with E-state index in [1.807, 2.05) is 41.8 Å². The van der Waals surface area contributed by atoms with Crippen LogP contribution in [0, 0.1) is 0 Å². The van der Waals surface area contributed by atoms with Crippen LogP contribution in [0.1, 0.15) is 5.56 Å². The van der Waals surface area contributed by atoms with Crippen LogP contribution in [-0.2, 0) is 5.75 Å². The average Bonchev–Trinajstić information content (AvgIpc) is 3.00. The molecule has 0 saturated heterocycles. The molecule has 4 nitrogen and oxygen atoms in total. The molecule has 106 valence electrons. The van der Waals surface area contributed by atoms with Gasteiger partial charge in [0.25, 0.3) is 5.56 Å². The fourth-order valence-corrected chi connectivity index (χ4v) is 3.34. The molecule has 0 radical (unpaired) electrons. The van der Waals surface area contributed by atoms with Crippen molar-refractivity contribution in [1.29, 1.82) is 0 Å². The first kappa shape index (κ1) is 13.9. The molecule has 0 aliphatic rings. The lowest BCUT2D eigenvalue weighted by Crippen LogP contribution is -2.07. The first-order valence-electron chi connectivity index (χ1n) is 6.33. The van der Waals surface area contributed by atoms with E-state index in [-0.39, 0.29) is 5.56 Å². The van der Waals surface area contributed by atoms with Crippen LogP contribution in [0.2, 0.25) is 0 Å². The Hall–Kier alpha value is -2.05. The lowest BCUT2D eigenvalue weighted by atomic mass is 10.2. The molecule has 2 heterocycles. The molecule has 0 atom stereocenters. The fourth-order valence-electron chi connectivity index (χ4n) is 1.82. The highest BCUT2D eigenvalue weighted by Gasteiger charge is 2.06. The number of nitrogen functional groups attached to an aromatic ring is 1. The number of benzene rings is 1. The summed E-state index contributed by atoms with van der Waals surface area (Å²) < 4.78 is 0. The van der Waals surface area contributed by atoms with E-state index in [0.29, 0.717) is 10.9 Å². The van der Waals surface area contributed by atoms with E-state index in [0.717, 1.165) is 21.9 Å². The van der Waals surface area contributed by atoms with Gasteiger partial charge in [0.15, 0.2) is 5.16 Å². The SMILES string of the molecule is Nc1ccc(CSc2nc(-c3cccs3)cc(=O)[nH]2)cc1. The molecule has 0 spiro atoms. The van der Waals surface area contributed by atoms with Crippen molar-refractivity contribution in [3.8, 4) is 10.6 Å². The highest BCUT2D eigenvalue weighted by Crippen LogP contribution is 2.24. The predicted molar refractivity (Wildman–Crippen MR) is 88.6 cm³/mol. The number of thiophene rings is 1. The molecular weight excluding hydrogens is 302 g/mol. The number of aromatic amines is 1. The smallest absolute Gasteiger partial charge is 0.252 e. The normalized spacial score (nSPS) is 10.7. The summed E-state index contributed by atoms with van der Waals surface area (Å²) in [7, 11) is 0. The van der Waals surface area contributed by atoms with Gasteiger partial charge in [-0.1, -0.05) is 30.0 Å². The minimum absolute atomic E-state index is 0.131. The van der Waals surface area contributed by atoms with E-state index in [2.05, 4.69) is 9.97 Å². The van der Waals surface area contributed by atoms with Gasteiger partial charge in [0.1, 0.15) is 0 Å². The summed E-state index contributed by atoms with van der Waals surface area (Å²) >= 11 is 3.07. The van der Waals surface area contributed by atoms with Gasteiger partial charge in [-0.2, -0.15) is 0 Å². The number of hydrogen-bond donors (Lipinski definition) is 2. The highest BCUT2D eigenvalue weighted by atomic mass is 32.2. The molecule has 1 aromatic carbocycles. The topological polar surface area (TPSA) is 71.8 Å². The Kier molecular flexibility index (Phi) is 4.08. The minimum atomic E-state index is -0.131. The molecule has 0 aliphatic heterocycles. The Morgan fingerprint density at radius 2 is 2.05 bits per heavy atom. The lowest BCUT2D eigenvalue weighted by Gasteiger charge is -2.03. The maximum Gasteiger partial charge on any atom is 0.252 e. The molecule has 0 fully saturated rings. The van der Waals surface area contributed by atoms with Crippen molar-refractivity contribution in [3.63, 3.8) is 0 Å². The van der Waals surface area contributed by atoms with Gasteiger partial charge in [0, 0.05) is 17.5 Å². The summed E-state index contributed by atoms with van der Waals surface area (Å²) in [6, 6.07) is 13.1. The quantitative estimate of drug-likeness (QED) is 0.440. The number of nitrogens with one attached hydrogen (secondary N) is 1. The average molecular weight is 315 g/mol. The van der Waals surface area contributed by atoms with Crippen LogP contribution in [-0.4, -0.2) is 9.97 Å². The van der Waals surface area contributed by atoms with Gasteiger partial charge in [0.05, 0.1) is 10.6 Å². The van der Waals surface area contributed by atoms with Crippen LogP contribution in [0.5, 0.6) is 0 Å². The van der Waals surface area contributed by atoms with Crippen molar-refractivity contribution in [2.75, 3.05) is 5.73 Å². The van der Waals surface area contributed by atoms with Crippen molar-refractivity contribution in [2.24, 2.45) is 0 Å². The van der Waals surface area contributed by atoms with Crippen LogP contribution in [0.3, 0.4) is 0 Å². The summed E-state index contributed by atoms with van der Waals surface area (Å²) in [5, 5.41) is 2.60. The molecule has 0 saturated carbocycles. The Balaban J connectivity index is 1.79. The summed E-state index contributed by atoms with van der Waals surface area (Å²) in [6.07, 6.45) is 0. The van der Waals surface area contributed by atoms with Crippen LogP contribution in [0.15, 0.2) is 57.8 Å². The Labute approximate surface area is 130 Å².